The van der Waals surface area contributed by atoms with Crippen molar-refractivity contribution in [2.24, 2.45) is 0 Å². The normalized spacial score (nSPS) is 18.7. The average Bonchev–Trinajstić information content (AvgIpc) is 2.75. The van der Waals surface area contributed by atoms with Crippen LogP contribution in [0.4, 0.5) is 5.69 Å². The molecule has 1 fully saturated rings. The molecule has 1 saturated heterocycles. The molecule has 2 aromatic rings. The monoisotopic (exact) mass is 432 g/mol. The van der Waals surface area contributed by atoms with E-state index in [9.17, 15) is 13.2 Å². The topological polar surface area (TPSA) is 94.2 Å². The van der Waals surface area contributed by atoms with Crippen LogP contribution in [0.25, 0.3) is 0 Å². The quantitative estimate of drug-likeness (QED) is 0.795. The van der Waals surface area contributed by atoms with E-state index in [1.54, 1.807) is 17.0 Å². The van der Waals surface area contributed by atoms with Crippen molar-refractivity contribution in [3.8, 4) is 11.5 Å². The van der Waals surface area contributed by atoms with E-state index in [1.807, 2.05) is 19.9 Å². The molecule has 0 spiro atoms. The Balaban J connectivity index is 1.49. The van der Waals surface area contributed by atoms with Crippen LogP contribution in [0, 0.1) is 13.8 Å². The van der Waals surface area contributed by atoms with Gasteiger partial charge in [0.1, 0.15) is 6.61 Å². The second kappa shape index (κ2) is 8.16. The zero-order chi connectivity index (χ0) is 21.3. The van der Waals surface area contributed by atoms with Crippen LogP contribution >= 0.6 is 0 Å². The van der Waals surface area contributed by atoms with Gasteiger partial charge in [-0.05, 0) is 49.2 Å². The zero-order valence-corrected chi connectivity index (χ0v) is 17.7. The first-order chi connectivity index (χ1) is 14.3. The highest BCUT2D eigenvalue weighted by molar-refractivity contribution is 7.92. The van der Waals surface area contributed by atoms with Gasteiger partial charge < -0.3 is 19.1 Å². The summed E-state index contributed by atoms with van der Waals surface area (Å²) in [6.45, 7) is 5.96. The summed E-state index contributed by atoms with van der Waals surface area (Å²) < 4.78 is 44.9. The highest BCUT2D eigenvalue weighted by atomic mass is 32.2. The first-order valence-electron chi connectivity index (χ1n) is 9.73. The third kappa shape index (κ3) is 4.22. The van der Waals surface area contributed by atoms with Gasteiger partial charge in [-0.1, -0.05) is 6.07 Å². The lowest BCUT2D eigenvalue weighted by Crippen LogP contribution is -2.50. The van der Waals surface area contributed by atoms with E-state index in [0.29, 0.717) is 43.5 Å². The van der Waals surface area contributed by atoms with Gasteiger partial charge in [-0.15, -0.1) is 0 Å². The van der Waals surface area contributed by atoms with Gasteiger partial charge in [0.25, 0.3) is 15.9 Å². The van der Waals surface area contributed by atoms with Crippen LogP contribution in [0.1, 0.15) is 11.1 Å². The predicted octanol–water partition coefficient (Wildman–Crippen LogP) is 2.10. The largest absolute Gasteiger partial charge is 0.485 e. The van der Waals surface area contributed by atoms with Crippen LogP contribution in [0.5, 0.6) is 11.5 Å². The molecule has 1 N–H and O–H groups in total. The summed E-state index contributed by atoms with van der Waals surface area (Å²) in [7, 11) is -3.80. The Hall–Kier alpha value is -2.78. The second-order valence-electron chi connectivity index (χ2n) is 7.37. The first kappa shape index (κ1) is 20.5. The van der Waals surface area contributed by atoms with Gasteiger partial charge in [-0.2, -0.15) is 0 Å². The summed E-state index contributed by atoms with van der Waals surface area (Å²) in [6, 6.07) is 9.74. The molecule has 0 aliphatic carbocycles. The highest BCUT2D eigenvalue weighted by Crippen LogP contribution is 2.34. The van der Waals surface area contributed by atoms with Crippen molar-refractivity contribution in [3.05, 3.63) is 47.5 Å². The molecule has 1 atom stereocenters. The highest BCUT2D eigenvalue weighted by Gasteiger charge is 2.32. The molecule has 2 aromatic carbocycles. The van der Waals surface area contributed by atoms with Gasteiger partial charge >= 0.3 is 0 Å². The molecular weight excluding hydrogens is 408 g/mol. The number of hydrogen-bond acceptors (Lipinski definition) is 6. The Morgan fingerprint density at radius 2 is 1.80 bits per heavy atom. The van der Waals surface area contributed by atoms with Crippen LogP contribution in [0.3, 0.4) is 0 Å². The molecule has 8 nitrogen and oxygen atoms in total. The Morgan fingerprint density at radius 1 is 1.03 bits per heavy atom. The molecule has 160 valence electrons. The van der Waals surface area contributed by atoms with Crippen LogP contribution in [-0.2, 0) is 19.6 Å². The Morgan fingerprint density at radius 3 is 2.53 bits per heavy atom. The summed E-state index contributed by atoms with van der Waals surface area (Å²) in [5.74, 6) is 0.485. The number of carbonyl (C=O) groups excluding carboxylic acids is 1. The van der Waals surface area contributed by atoms with Crippen LogP contribution in [0.15, 0.2) is 41.3 Å². The standard InChI is InChI=1S/C21H24N2O6S/c1-14-3-4-16(11-15(14)2)22-30(25,26)17-5-6-18-19(12-17)28-13-20(29-18)21(24)23-7-9-27-10-8-23/h3-6,11-12,20,22H,7-10,13H2,1-2H3. The van der Waals surface area contributed by atoms with E-state index in [4.69, 9.17) is 14.2 Å². The fourth-order valence-corrected chi connectivity index (χ4v) is 4.41. The number of nitrogens with one attached hydrogen (secondary N) is 1. The fourth-order valence-electron chi connectivity index (χ4n) is 3.35. The summed E-state index contributed by atoms with van der Waals surface area (Å²) in [4.78, 5) is 14.3. The molecule has 0 radical (unpaired) electrons. The maximum atomic E-state index is 12.8. The smallest absolute Gasteiger partial charge is 0.267 e. The average molecular weight is 432 g/mol. The second-order valence-corrected chi connectivity index (χ2v) is 9.05. The van der Waals surface area contributed by atoms with Crippen LogP contribution in [0.2, 0.25) is 0 Å². The maximum absolute atomic E-state index is 12.8. The molecule has 1 unspecified atom stereocenters. The molecule has 2 aliphatic heterocycles. The van der Waals surface area contributed by atoms with Crippen LogP contribution < -0.4 is 14.2 Å². The van der Waals surface area contributed by atoms with Crippen molar-refractivity contribution in [2.75, 3.05) is 37.6 Å². The number of nitrogens with zero attached hydrogens (tertiary/aromatic N) is 1. The molecule has 9 heteroatoms. The van der Waals surface area contributed by atoms with E-state index in [1.165, 1.54) is 18.2 Å². The van der Waals surface area contributed by atoms with E-state index in [0.717, 1.165) is 11.1 Å². The molecule has 30 heavy (non-hydrogen) atoms. The minimum atomic E-state index is -3.80. The summed E-state index contributed by atoms with van der Waals surface area (Å²) >= 11 is 0. The van der Waals surface area contributed by atoms with E-state index >= 15 is 0 Å². The first-order valence-corrected chi connectivity index (χ1v) is 11.2. The van der Waals surface area contributed by atoms with Gasteiger partial charge in [0.2, 0.25) is 6.10 Å². The number of anilines is 1. The maximum Gasteiger partial charge on any atom is 0.267 e. The van der Waals surface area contributed by atoms with Gasteiger partial charge in [-0.3, -0.25) is 9.52 Å². The molecule has 0 aromatic heterocycles. The zero-order valence-electron chi connectivity index (χ0n) is 16.9. The van der Waals surface area contributed by atoms with Crippen molar-refractivity contribution in [1.29, 1.82) is 0 Å². The number of carbonyl (C=O) groups is 1. The summed E-state index contributed by atoms with van der Waals surface area (Å²) in [6.07, 6.45) is -0.758. The Bertz CT molecular complexity index is 1060. The molecule has 0 bridgehead atoms. The lowest BCUT2D eigenvalue weighted by Gasteiger charge is -2.32. The summed E-state index contributed by atoms with van der Waals surface area (Å²) in [5.41, 5.74) is 2.57. The third-order valence-corrected chi connectivity index (χ3v) is 6.62. The van der Waals surface area contributed by atoms with Gasteiger partial charge in [0.05, 0.1) is 18.1 Å². The molecule has 2 aliphatic rings. The summed E-state index contributed by atoms with van der Waals surface area (Å²) in [5, 5.41) is 0. The van der Waals surface area contributed by atoms with Crippen molar-refractivity contribution in [3.63, 3.8) is 0 Å². The molecule has 0 saturated carbocycles. The fraction of sp³-hybridized carbons (Fsp3) is 0.381. The number of aryl methyl sites for hydroxylation is 2. The molecule has 1 amide bonds. The number of amides is 1. The minimum Gasteiger partial charge on any atom is -0.485 e. The van der Waals surface area contributed by atoms with Crippen molar-refractivity contribution >= 4 is 21.6 Å². The van der Waals surface area contributed by atoms with E-state index < -0.39 is 16.1 Å². The number of hydrogen-bond donors (Lipinski definition) is 1. The Labute approximate surface area is 175 Å². The van der Waals surface area contributed by atoms with E-state index in [2.05, 4.69) is 4.72 Å². The molecule has 4 rings (SSSR count). The number of rotatable bonds is 4. The van der Waals surface area contributed by atoms with Crippen molar-refractivity contribution in [1.82, 2.24) is 4.90 Å². The number of fused-ring (bicyclic) bond motifs is 1. The van der Waals surface area contributed by atoms with Gasteiger partial charge in [0, 0.05) is 24.8 Å². The lowest BCUT2D eigenvalue weighted by molar-refractivity contribution is -0.145. The number of morpholine rings is 1. The van der Waals surface area contributed by atoms with Crippen molar-refractivity contribution in [2.45, 2.75) is 24.8 Å². The predicted molar refractivity (Wildman–Crippen MR) is 110 cm³/mol. The number of benzene rings is 2. The van der Waals surface area contributed by atoms with Gasteiger partial charge in [-0.25, -0.2) is 8.42 Å². The molecular formula is C21H24N2O6S. The van der Waals surface area contributed by atoms with E-state index in [-0.39, 0.29) is 17.4 Å². The van der Waals surface area contributed by atoms with Crippen LogP contribution in [-0.4, -0.2) is 58.2 Å². The Kier molecular flexibility index (Phi) is 5.57. The third-order valence-electron chi connectivity index (χ3n) is 5.24. The molecule has 2 heterocycles. The van der Waals surface area contributed by atoms with Gasteiger partial charge in [0.15, 0.2) is 11.5 Å². The minimum absolute atomic E-state index is 0.0251. The SMILES string of the molecule is Cc1ccc(NS(=O)(=O)c2ccc3c(c2)OCC(C(=O)N2CCOCC2)O3)cc1C. The lowest BCUT2D eigenvalue weighted by atomic mass is 10.1. The van der Waals surface area contributed by atoms with Crippen molar-refractivity contribution < 1.29 is 27.4 Å². The number of sulfonamides is 1. The number of ether oxygens (including phenoxy) is 3.